The summed E-state index contributed by atoms with van der Waals surface area (Å²) < 4.78 is 0. The molecule has 0 bridgehead atoms. The molecule has 4 heteroatoms. The molecule has 1 fully saturated rings. The summed E-state index contributed by atoms with van der Waals surface area (Å²) in [7, 11) is 0. The summed E-state index contributed by atoms with van der Waals surface area (Å²) in [6, 6.07) is 8.54. The minimum Gasteiger partial charge on any atom is -0.481 e. The number of aliphatic carboxylic acids is 1. The van der Waals surface area contributed by atoms with Crippen LogP contribution in [0.3, 0.4) is 0 Å². The Hall–Kier alpha value is -1.16. The van der Waals surface area contributed by atoms with Crippen LogP contribution in [-0.2, 0) is 4.79 Å². The standard InChI is InChI=1S/C16H23NO2S/c1-12(10-11-16(18)19)17-14-8-4-5-9-15(14)20-13-6-2-3-7-13/h4-5,8-9,12-13,17H,2-3,6-7,10-11H2,1H3,(H,18,19). The third-order valence-corrected chi connectivity index (χ3v) is 5.09. The summed E-state index contributed by atoms with van der Waals surface area (Å²) in [6.45, 7) is 2.04. The van der Waals surface area contributed by atoms with Crippen LogP contribution in [0.15, 0.2) is 29.2 Å². The van der Waals surface area contributed by atoms with Gasteiger partial charge in [-0.3, -0.25) is 4.79 Å². The van der Waals surface area contributed by atoms with Gasteiger partial charge in [0.05, 0.1) is 0 Å². The van der Waals surface area contributed by atoms with Crippen LogP contribution >= 0.6 is 11.8 Å². The molecule has 3 nitrogen and oxygen atoms in total. The van der Waals surface area contributed by atoms with Gasteiger partial charge in [0.1, 0.15) is 0 Å². The maximum atomic E-state index is 10.6. The summed E-state index contributed by atoms with van der Waals surface area (Å²) in [4.78, 5) is 11.9. The minimum absolute atomic E-state index is 0.177. The van der Waals surface area contributed by atoms with Crippen molar-refractivity contribution in [3.63, 3.8) is 0 Å². The first-order valence-electron chi connectivity index (χ1n) is 7.39. The zero-order chi connectivity index (χ0) is 14.4. The Morgan fingerprint density at radius 3 is 2.80 bits per heavy atom. The highest BCUT2D eigenvalue weighted by molar-refractivity contribution is 8.00. The van der Waals surface area contributed by atoms with E-state index in [1.54, 1.807) is 0 Å². The van der Waals surface area contributed by atoms with E-state index in [2.05, 4.69) is 23.5 Å². The highest BCUT2D eigenvalue weighted by Crippen LogP contribution is 2.38. The second-order valence-corrected chi connectivity index (χ2v) is 6.84. The van der Waals surface area contributed by atoms with Crippen molar-refractivity contribution in [1.82, 2.24) is 0 Å². The van der Waals surface area contributed by atoms with Crippen molar-refractivity contribution in [2.75, 3.05) is 5.32 Å². The van der Waals surface area contributed by atoms with Crippen molar-refractivity contribution in [2.24, 2.45) is 0 Å². The van der Waals surface area contributed by atoms with Gasteiger partial charge in [-0.05, 0) is 38.3 Å². The molecule has 1 saturated carbocycles. The molecular formula is C16H23NO2S. The molecule has 0 saturated heterocycles. The lowest BCUT2D eigenvalue weighted by Crippen LogP contribution is -2.17. The lowest BCUT2D eigenvalue weighted by molar-refractivity contribution is -0.137. The van der Waals surface area contributed by atoms with Crippen LogP contribution in [0, 0.1) is 0 Å². The van der Waals surface area contributed by atoms with E-state index >= 15 is 0 Å². The van der Waals surface area contributed by atoms with Crippen LogP contribution in [0.5, 0.6) is 0 Å². The summed E-state index contributed by atoms with van der Waals surface area (Å²) in [6.07, 6.45) is 6.19. The molecule has 0 radical (unpaired) electrons. The normalized spacial score (nSPS) is 17.1. The van der Waals surface area contributed by atoms with Gasteiger partial charge in [-0.1, -0.05) is 25.0 Å². The van der Waals surface area contributed by atoms with Gasteiger partial charge >= 0.3 is 5.97 Å². The van der Waals surface area contributed by atoms with Gasteiger partial charge in [0.25, 0.3) is 0 Å². The number of nitrogens with one attached hydrogen (secondary N) is 1. The van der Waals surface area contributed by atoms with Gasteiger partial charge in [-0.15, -0.1) is 11.8 Å². The van der Waals surface area contributed by atoms with Gasteiger partial charge in [0, 0.05) is 28.3 Å². The number of thioether (sulfide) groups is 1. The second-order valence-electron chi connectivity index (χ2n) is 5.50. The van der Waals surface area contributed by atoms with E-state index in [4.69, 9.17) is 5.11 Å². The molecule has 0 amide bonds. The van der Waals surface area contributed by atoms with E-state index in [1.807, 2.05) is 24.8 Å². The topological polar surface area (TPSA) is 49.3 Å². The van der Waals surface area contributed by atoms with Gasteiger partial charge in [0.2, 0.25) is 0 Å². The average Bonchev–Trinajstić information content (AvgIpc) is 2.92. The van der Waals surface area contributed by atoms with Crippen LogP contribution < -0.4 is 5.32 Å². The Kier molecular flexibility index (Phi) is 5.77. The number of para-hydroxylation sites is 1. The first-order chi connectivity index (χ1) is 9.65. The molecule has 2 N–H and O–H groups in total. The fourth-order valence-corrected chi connectivity index (χ4v) is 3.89. The zero-order valence-corrected chi connectivity index (χ0v) is 12.8. The Morgan fingerprint density at radius 1 is 1.40 bits per heavy atom. The Bertz CT molecular complexity index is 444. The highest BCUT2D eigenvalue weighted by Gasteiger charge is 2.18. The van der Waals surface area contributed by atoms with Crippen LogP contribution in [-0.4, -0.2) is 22.4 Å². The summed E-state index contributed by atoms with van der Waals surface area (Å²) >= 11 is 1.97. The molecule has 0 heterocycles. The van der Waals surface area contributed by atoms with Crippen molar-refractivity contribution in [3.05, 3.63) is 24.3 Å². The fourth-order valence-electron chi connectivity index (χ4n) is 2.55. The number of anilines is 1. The number of carbonyl (C=O) groups is 1. The van der Waals surface area contributed by atoms with E-state index in [0.717, 1.165) is 10.9 Å². The van der Waals surface area contributed by atoms with Gasteiger partial charge in [-0.2, -0.15) is 0 Å². The number of hydrogen-bond acceptors (Lipinski definition) is 3. The Morgan fingerprint density at radius 2 is 2.10 bits per heavy atom. The first-order valence-corrected chi connectivity index (χ1v) is 8.27. The maximum absolute atomic E-state index is 10.6. The van der Waals surface area contributed by atoms with Crippen molar-refractivity contribution in [1.29, 1.82) is 0 Å². The molecule has 1 unspecified atom stereocenters. The molecule has 20 heavy (non-hydrogen) atoms. The third-order valence-electron chi connectivity index (χ3n) is 3.68. The van der Waals surface area contributed by atoms with Crippen LogP contribution in [0.2, 0.25) is 0 Å². The Labute approximate surface area is 125 Å². The molecule has 1 atom stereocenters. The molecule has 2 rings (SSSR count). The molecular weight excluding hydrogens is 270 g/mol. The highest BCUT2D eigenvalue weighted by atomic mass is 32.2. The molecule has 1 aliphatic carbocycles. The van der Waals surface area contributed by atoms with E-state index in [9.17, 15) is 4.79 Å². The summed E-state index contributed by atoms with van der Waals surface area (Å²) in [5.74, 6) is -0.729. The smallest absolute Gasteiger partial charge is 0.303 e. The van der Waals surface area contributed by atoms with E-state index < -0.39 is 5.97 Å². The SMILES string of the molecule is CC(CCC(=O)O)Nc1ccccc1SC1CCCC1. The maximum Gasteiger partial charge on any atom is 0.303 e. The van der Waals surface area contributed by atoms with Crippen molar-refractivity contribution in [2.45, 2.75) is 61.6 Å². The molecule has 0 aliphatic heterocycles. The fraction of sp³-hybridized carbons (Fsp3) is 0.562. The number of benzene rings is 1. The van der Waals surface area contributed by atoms with Crippen molar-refractivity contribution >= 4 is 23.4 Å². The van der Waals surface area contributed by atoms with Gasteiger partial charge in [-0.25, -0.2) is 0 Å². The molecule has 0 spiro atoms. The number of hydrogen-bond donors (Lipinski definition) is 2. The minimum atomic E-state index is -0.729. The van der Waals surface area contributed by atoms with E-state index in [-0.39, 0.29) is 12.5 Å². The summed E-state index contributed by atoms with van der Waals surface area (Å²) in [5.41, 5.74) is 1.14. The average molecular weight is 293 g/mol. The monoisotopic (exact) mass is 293 g/mol. The van der Waals surface area contributed by atoms with Crippen LogP contribution in [0.25, 0.3) is 0 Å². The molecule has 1 aromatic rings. The van der Waals surface area contributed by atoms with Crippen molar-refractivity contribution < 1.29 is 9.90 Å². The number of carboxylic acid groups (broad SMARTS) is 1. The lowest BCUT2D eigenvalue weighted by atomic mass is 10.1. The lowest BCUT2D eigenvalue weighted by Gasteiger charge is -2.18. The second kappa shape index (κ2) is 7.58. The Balaban J connectivity index is 1.94. The molecule has 1 aromatic carbocycles. The number of rotatable bonds is 7. The number of carboxylic acids is 1. The molecule has 1 aliphatic rings. The first kappa shape index (κ1) is 15.2. The van der Waals surface area contributed by atoms with Crippen LogP contribution in [0.4, 0.5) is 5.69 Å². The summed E-state index contributed by atoms with van der Waals surface area (Å²) in [5, 5.41) is 12.9. The van der Waals surface area contributed by atoms with Crippen LogP contribution in [0.1, 0.15) is 45.4 Å². The largest absolute Gasteiger partial charge is 0.481 e. The van der Waals surface area contributed by atoms with Gasteiger partial charge < -0.3 is 10.4 Å². The predicted octanol–water partition coefficient (Wildman–Crippen LogP) is 4.39. The zero-order valence-electron chi connectivity index (χ0n) is 12.0. The third kappa shape index (κ3) is 4.75. The van der Waals surface area contributed by atoms with E-state index in [0.29, 0.717) is 6.42 Å². The predicted molar refractivity (Wildman–Crippen MR) is 84.5 cm³/mol. The van der Waals surface area contributed by atoms with Crippen molar-refractivity contribution in [3.8, 4) is 0 Å². The van der Waals surface area contributed by atoms with E-state index in [1.165, 1.54) is 30.6 Å². The molecule has 110 valence electrons. The molecule has 0 aromatic heterocycles. The quantitative estimate of drug-likeness (QED) is 0.783. The van der Waals surface area contributed by atoms with Gasteiger partial charge in [0.15, 0.2) is 0 Å².